The van der Waals surface area contributed by atoms with E-state index >= 15 is 0 Å². The van der Waals surface area contributed by atoms with Crippen LogP contribution in [0.1, 0.15) is 15.9 Å². The van der Waals surface area contributed by atoms with E-state index in [1.807, 2.05) is 30.3 Å². The zero-order valence-corrected chi connectivity index (χ0v) is 25.3. The van der Waals surface area contributed by atoms with E-state index in [0.717, 1.165) is 9.37 Å². The highest BCUT2D eigenvalue weighted by Crippen LogP contribution is 2.32. The number of nitrogens with one attached hydrogen (secondary N) is 3. The van der Waals surface area contributed by atoms with Crippen LogP contribution in [0.3, 0.4) is 0 Å². The van der Waals surface area contributed by atoms with Crippen LogP contribution in [-0.2, 0) is 9.59 Å². The number of hydrogen-bond acceptors (Lipinski definition) is 6. The molecule has 0 radical (unpaired) electrons. The Morgan fingerprint density at radius 3 is 2.26 bits per heavy atom. The fourth-order valence-corrected chi connectivity index (χ4v) is 4.88. The van der Waals surface area contributed by atoms with Gasteiger partial charge < -0.3 is 25.4 Å². The molecule has 3 amide bonds. The molecule has 0 aromatic heterocycles. The van der Waals surface area contributed by atoms with Crippen molar-refractivity contribution in [1.82, 2.24) is 5.32 Å². The first-order valence-corrected chi connectivity index (χ1v) is 14.5. The van der Waals surface area contributed by atoms with E-state index in [4.69, 9.17) is 9.47 Å². The van der Waals surface area contributed by atoms with Crippen LogP contribution in [0, 0.1) is 0 Å². The molecule has 3 N–H and O–H groups in total. The second-order valence-electron chi connectivity index (χ2n) is 8.79. The summed E-state index contributed by atoms with van der Waals surface area (Å²) in [6.45, 7) is 0. The van der Waals surface area contributed by atoms with E-state index < -0.39 is 11.8 Å². The molecule has 0 saturated carbocycles. The fraction of sp³-hybridized carbons (Fsp3) is 0.0938. The Kier molecular flexibility index (Phi) is 10.8. The second kappa shape index (κ2) is 14.9. The topological polar surface area (TPSA) is 106 Å². The molecule has 42 heavy (non-hydrogen) atoms. The van der Waals surface area contributed by atoms with Crippen molar-refractivity contribution in [1.29, 1.82) is 0 Å². The Balaban J connectivity index is 1.51. The van der Waals surface area contributed by atoms with E-state index in [9.17, 15) is 14.4 Å². The summed E-state index contributed by atoms with van der Waals surface area (Å²) < 4.78 is 11.8. The Hall–Kier alpha value is -4.54. The van der Waals surface area contributed by atoms with Crippen LogP contribution in [0.15, 0.2) is 112 Å². The molecule has 4 rings (SSSR count). The molecule has 4 aromatic rings. The van der Waals surface area contributed by atoms with Crippen LogP contribution in [0.25, 0.3) is 6.08 Å². The molecule has 0 unspecified atom stereocenters. The van der Waals surface area contributed by atoms with Gasteiger partial charge in [0.1, 0.15) is 5.70 Å². The van der Waals surface area contributed by atoms with Gasteiger partial charge in [0.2, 0.25) is 5.91 Å². The number of rotatable bonds is 11. The smallest absolute Gasteiger partial charge is 0.272 e. The predicted molar refractivity (Wildman–Crippen MR) is 170 cm³/mol. The molecule has 0 atom stereocenters. The van der Waals surface area contributed by atoms with Gasteiger partial charge in [-0.3, -0.25) is 14.4 Å². The normalized spacial score (nSPS) is 10.9. The lowest BCUT2D eigenvalue weighted by molar-refractivity contribution is -0.114. The van der Waals surface area contributed by atoms with Crippen LogP contribution in [0.2, 0.25) is 0 Å². The number of thioether (sulfide) groups is 1. The van der Waals surface area contributed by atoms with E-state index in [1.54, 1.807) is 66.7 Å². The minimum Gasteiger partial charge on any atom is -0.493 e. The van der Waals surface area contributed by atoms with Gasteiger partial charge in [0.05, 0.1) is 20.0 Å². The lowest BCUT2D eigenvalue weighted by atomic mass is 10.1. The monoisotopic (exact) mass is 645 g/mol. The highest BCUT2D eigenvalue weighted by atomic mass is 79.9. The molecule has 4 aromatic carbocycles. The number of anilines is 2. The van der Waals surface area contributed by atoms with Crippen LogP contribution < -0.4 is 25.4 Å². The van der Waals surface area contributed by atoms with Crippen molar-refractivity contribution in [2.24, 2.45) is 0 Å². The zero-order valence-electron chi connectivity index (χ0n) is 22.8. The van der Waals surface area contributed by atoms with Gasteiger partial charge in [0.25, 0.3) is 11.8 Å². The van der Waals surface area contributed by atoms with Gasteiger partial charge in [-0.25, -0.2) is 0 Å². The number of methoxy groups -OCH3 is 2. The lowest BCUT2D eigenvalue weighted by Crippen LogP contribution is -2.30. The minimum atomic E-state index is -0.542. The number of amides is 3. The lowest BCUT2D eigenvalue weighted by Gasteiger charge is -2.14. The Morgan fingerprint density at radius 2 is 1.55 bits per heavy atom. The Morgan fingerprint density at radius 1 is 0.810 bits per heavy atom. The molecule has 214 valence electrons. The first-order valence-electron chi connectivity index (χ1n) is 12.7. The molecule has 0 heterocycles. The molecule has 0 fully saturated rings. The number of carbonyl (C=O) groups is 3. The average molecular weight is 647 g/mol. The number of benzene rings is 4. The molecule has 10 heteroatoms. The molecule has 0 bridgehead atoms. The maximum absolute atomic E-state index is 13.5. The predicted octanol–water partition coefficient (Wildman–Crippen LogP) is 6.61. The summed E-state index contributed by atoms with van der Waals surface area (Å²) in [4.78, 5) is 39.7. The maximum atomic E-state index is 13.5. The molecule has 0 aliphatic rings. The van der Waals surface area contributed by atoms with Gasteiger partial charge in [-0.15, -0.1) is 11.8 Å². The van der Waals surface area contributed by atoms with Crippen molar-refractivity contribution in [3.05, 3.63) is 118 Å². The van der Waals surface area contributed by atoms with Crippen LogP contribution in [0.5, 0.6) is 11.5 Å². The zero-order chi connectivity index (χ0) is 29.9. The average Bonchev–Trinajstić information content (AvgIpc) is 3.01. The number of para-hydroxylation sites is 1. The molecule has 0 spiro atoms. The summed E-state index contributed by atoms with van der Waals surface area (Å²) in [7, 11) is 3.02. The van der Waals surface area contributed by atoms with Gasteiger partial charge in [-0.1, -0.05) is 52.3 Å². The van der Waals surface area contributed by atoms with Gasteiger partial charge in [-0.2, -0.15) is 0 Å². The first kappa shape index (κ1) is 30.4. The third-order valence-electron chi connectivity index (χ3n) is 5.85. The van der Waals surface area contributed by atoms with Crippen LogP contribution in [-0.4, -0.2) is 37.7 Å². The number of ether oxygens (including phenoxy) is 2. The highest BCUT2D eigenvalue weighted by Gasteiger charge is 2.17. The Labute approximate surface area is 256 Å². The largest absolute Gasteiger partial charge is 0.493 e. The number of hydrogen-bond donors (Lipinski definition) is 3. The minimum absolute atomic E-state index is 0.00216. The van der Waals surface area contributed by atoms with E-state index in [2.05, 4.69) is 31.9 Å². The van der Waals surface area contributed by atoms with Gasteiger partial charge >= 0.3 is 0 Å². The molecule has 8 nitrogen and oxygen atoms in total. The Bertz CT molecular complexity index is 1590. The van der Waals surface area contributed by atoms with E-state index in [-0.39, 0.29) is 17.4 Å². The van der Waals surface area contributed by atoms with Crippen molar-refractivity contribution in [2.45, 2.75) is 4.90 Å². The SMILES string of the molecule is COc1cccc(/C=C(/NC(=O)c2ccccc2)C(=O)Nc2cccc(SCC(=O)Nc3ccc(Br)cc3)c2)c1OC. The molecule has 0 aliphatic heterocycles. The summed E-state index contributed by atoms with van der Waals surface area (Å²) >= 11 is 4.71. The number of halogens is 1. The fourth-order valence-electron chi connectivity index (χ4n) is 3.86. The molecular weight excluding hydrogens is 618 g/mol. The first-order chi connectivity index (χ1) is 20.4. The standard InChI is InChI=1S/C32H28BrN3O5S/c1-40-28-13-6-10-22(30(28)41-2)18-27(36-31(38)21-8-4-3-5-9-21)32(39)35-25-11-7-12-26(19-25)42-20-29(37)34-24-16-14-23(33)15-17-24/h3-19H,20H2,1-2H3,(H,34,37)(H,35,39)(H,36,38)/b27-18+. The summed E-state index contributed by atoms with van der Waals surface area (Å²) in [5.41, 5.74) is 2.14. The van der Waals surface area contributed by atoms with Crippen molar-refractivity contribution in [3.8, 4) is 11.5 Å². The van der Waals surface area contributed by atoms with Crippen molar-refractivity contribution in [3.63, 3.8) is 0 Å². The maximum Gasteiger partial charge on any atom is 0.272 e. The van der Waals surface area contributed by atoms with Crippen LogP contribution >= 0.6 is 27.7 Å². The van der Waals surface area contributed by atoms with Gasteiger partial charge in [-0.05, 0) is 66.7 Å². The van der Waals surface area contributed by atoms with E-state index in [1.165, 1.54) is 32.1 Å². The van der Waals surface area contributed by atoms with Crippen molar-refractivity contribution < 1.29 is 23.9 Å². The number of carbonyl (C=O) groups excluding carboxylic acids is 3. The second-order valence-corrected chi connectivity index (χ2v) is 10.8. The van der Waals surface area contributed by atoms with Gasteiger partial charge in [0, 0.05) is 31.9 Å². The summed E-state index contributed by atoms with van der Waals surface area (Å²) in [5, 5.41) is 8.43. The quantitative estimate of drug-likeness (QED) is 0.125. The molecular formula is C32H28BrN3O5S. The third-order valence-corrected chi connectivity index (χ3v) is 7.37. The summed E-state index contributed by atoms with van der Waals surface area (Å²) in [5.74, 6) is -0.0630. The van der Waals surface area contributed by atoms with Crippen molar-refractivity contribution in [2.75, 3.05) is 30.6 Å². The third kappa shape index (κ3) is 8.48. The summed E-state index contributed by atoms with van der Waals surface area (Å²) in [6, 6.07) is 28.3. The molecule has 0 saturated heterocycles. The van der Waals surface area contributed by atoms with E-state index in [0.29, 0.717) is 34.0 Å². The van der Waals surface area contributed by atoms with Crippen LogP contribution in [0.4, 0.5) is 11.4 Å². The summed E-state index contributed by atoms with van der Waals surface area (Å²) in [6.07, 6.45) is 1.53. The van der Waals surface area contributed by atoms with Crippen molar-refractivity contribution >= 4 is 62.9 Å². The molecule has 0 aliphatic carbocycles. The highest BCUT2D eigenvalue weighted by molar-refractivity contribution is 9.10. The van der Waals surface area contributed by atoms with Gasteiger partial charge in [0.15, 0.2) is 11.5 Å².